The van der Waals surface area contributed by atoms with Crippen LogP contribution in [0.4, 0.5) is 0 Å². The van der Waals surface area contributed by atoms with Gasteiger partial charge in [0, 0.05) is 19.2 Å². The van der Waals surface area contributed by atoms with Gasteiger partial charge in [0.1, 0.15) is 0 Å². The van der Waals surface area contributed by atoms with Crippen molar-refractivity contribution in [2.75, 3.05) is 6.54 Å². The SMILES string of the molecule is Cc1ccnc(CN2CCCC2=O)c1. The molecule has 1 aliphatic rings. The molecule has 1 amide bonds. The molecule has 1 aromatic heterocycles. The number of aryl methyl sites for hydroxylation is 1. The van der Waals surface area contributed by atoms with Gasteiger partial charge in [-0.05, 0) is 31.0 Å². The van der Waals surface area contributed by atoms with Crippen LogP contribution in [0.5, 0.6) is 0 Å². The summed E-state index contributed by atoms with van der Waals surface area (Å²) in [6.45, 7) is 3.59. The van der Waals surface area contributed by atoms with E-state index in [2.05, 4.69) is 4.98 Å². The quantitative estimate of drug-likeness (QED) is 0.708. The van der Waals surface area contributed by atoms with E-state index in [1.807, 2.05) is 24.0 Å². The molecular weight excluding hydrogens is 176 g/mol. The van der Waals surface area contributed by atoms with E-state index < -0.39 is 0 Å². The average Bonchev–Trinajstić information content (AvgIpc) is 2.52. The summed E-state index contributed by atoms with van der Waals surface area (Å²) < 4.78 is 0. The van der Waals surface area contributed by atoms with Crippen LogP contribution in [-0.2, 0) is 11.3 Å². The summed E-state index contributed by atoms with van der Waals surface area (Å²) in [5.74, 6) is 0.258. The van der Waals surface area contributed by atoms with Crippen LogP contribution in [0, 0.1) is 6.92 Å². The van der Waals surface area contributed by atoms with Crippen molar-refractivity contribution in [3.63, 3.8) is 0 Å². The molecule has 1 aromatic rings. The third-order valence-corrected chi connectivity index (χ3v) is 2.50. The van der Waals surface area contributed by atoms with Crippen molar-refractivity contribution in [3.05, 3.63) is 29.6 Å². The normalized spacial score (nSPS) is 16.4. The zero-order valence-corrected chi connectivity index (χ0v) is 8.36. The van der Waals surface area contributed by atoms with E-state index in [-0.39, 0.29) is 5.91 Å². The summed E-state index contributed by atoms with van der Waals surface area (Å²) in [4.78, 5) is 17.5. The zero-order valence-electron chi connectivity index (χ0n) is 8.36. The first-order valence-electron chi connectivity index (χ1n) is 4.95. The lowest BCUT2D eigenvalue weighted by molar-refractivity contribution is -0.128. The third kappa shape index (κ3) is 1.92. The number of rotatable bonds is 2. The molecule has 0 bridgehead atoms. The average molecular weight is 190 g/mol. The van der Waals surface area contributed by atoms with Gasteiger partial charge in [0.2, 0.25) is 5.91 Å². The van der Waals surface area contributed by atoms with E-state index >= 15 is 0 Å². The lowest BCUT2D eigenvalue weighted by Gasteiger charge is -2.14. The predicted octanol–water partition coefficient (Wildman–Crippen LogP) is 1.51. The van der Waals surface area contributed by atoms with E-state index in [4.69, 9.17) is 0 Å². The summed E-state index contributed by atoms with van der Waals surface area (Å²) in [5.41, 5.74) is 2.18. The Kier molecular flexibility index (Phi) is 2.48. The van der Waals surface area contributed by atoms with Crippen molar-refractivity contribution < 1.29 is 4.79 Å². The molecule has 0 atom stereocenters. The van der Waals surface area contributed by atoms with Gasteiger partial charge in [-0.1, -0.05) is 0 Å². The molecule has 1 aliphatic heterocycles. The second kappa shape index (κ2) is 3.78. The van der Waals surface area contributed by atoms with Crippen molar-refractivity contribution in [1.29, 1.82) is 0 Å². The molecule has 2 heterocycles. The van der Waals surface area contributed by atoms with Crippen molar-refractivity contribution >= 4 is 5.91 Å². The van der Waals surface area contributed by atoms with Gasteiger partial charge in [-0.15, -0.1) is 0 Å². The fraction of sp³-hybridized carbons (Fsp3) is 0.455. The summed E-state index contributed by atoms with van der Waals surface area (Å²) >= 11 is 0. The molecule has 3 heteroatoms. The minimum absolute atomic E-state index is 0.258. The standard InChI is InChI=1S/C11H14N2O/c1-9-4-5-12-10(7-9)8-13-6-2-3-11(13)14/h4-5,7H,2-3,6,8H2,1H3. The number of aromatic nitrogens is 1. The van der Waals surface area contributed by atoms with Crippen LogP contribution in [0.15, 0.2) is 18.3 Å². The van der Waals surface area contributed by atoms with Gasteiger partial charge < -0.3 is 4.90 Å². The fourth-order valence-corrected chi connectivity index (χ4v) is 1.75. The maximum absolute atomic E-state index is 11.4. The topological polar surface area (TPSA) is 33.2 Å². The molecule has 74 valence electrons. The van der Waals surface area contributed by atoms with Crippen molar-refractivity contribution in [2.24, 2.45) is 0 Å². The molecule has 0 aliphatic carbocycles. The van der Waals surface area contributed by atoms with Crippen LogP contribution >= 0.6 is 0 Å². The van der Waals surface area contributed by atoms with Gasteiger partial charge in [0.15, 0.2) is 0 Å². The highest BCUT2D eigenvalue weighted by atomic mass is 16.2. The van der Waals surface area contributed by atoms with Gasteiger partial charge in [0.25, 0.3) is 0 Å². The first kappa shape index (κ1) is 9.19. The Morgan fingerprint density at radius 2 is 2.43 bits per heavy atom. The molecule has 14 heavy (non-hydrogen) atoms. The molecule has 0 aromatic carbocycles. The Bertz CT molecular complexity index is 349. The Labute approximate surface area is 83.8 Å². The maximum Gasteiger partial charge on any atom is 0.222 e. The number of carbonyl (C=O) groups excluding carboxylic acids is 1. The number of hydrogen-bond acceptors (Lipinski definition) is 2. The zero-order chi connectivity index (χ0) is 9.97. The largest absolute Gasteiger partial charge is 0.337 e. The first-order valence-corrected chi connectivity index (χ1v) is 4.95. The number of hydrogen-bond donors (Lipinski definition) is 0. The highest BCUT2D eigenvalue weighted by molar-refractivity contribution is 5.77. The summed E-state index contributed by atoms with van der Waals surface area (Å²) in [6.07, 6.45) is 3.49. The number of pyridine rings is 1. The van der Waals surface area contributed by atoms with Gasteiger partial charge >= 0.3 is 0 Å². The van der Waals surface area contributed by atoms with Crippen LogP contribution in [0.2, 0.25) is 0 Å². The molecule has 0 saturated carbocycles. The number of amides is 1. The van der Waals surface area contributed by atoms with E-state index in [0.717, 1.165) is 18.7 Å². The Morgan fingerprint density at radius 3 is 3.07 bits per heavy atom. The van der Waals surface area contributed by atoms with Crippen molar-refractivity contribution in [2.45, 2.75) is 26.3 Å². The van der Waals surface area contributed by atoms with Crippen LogP contribution in [0.3, 0.4) is 0 Å². The highest BCUT2D eigenvalue weighted by Gasteiger charge is 2.20. The van der Waals surface area contributed by atoms with Crippen molar-refractivity contribution in [3.8, 4) is 0 Å². The molecule has 1 saturated heterocycles. The number of likely N-dealkylation sites (tertiary alicyclic amines) is 1. The molecular formula is C11H14N2O. The minimum Gasteiger partial charge on any atom is -0.337 e. The second-order valence-electron chi connectivity index (χ2n) is 3.74. The molecule has 0 N–H and O–H groups in total. The van der Waals surface area contributed by atoms with Crippen molar-refractivity contribution in [1.82, 2.24) is 9.88 Å². The van der Waals surface area contributed by atoms with E-state index in [1.165, 1.54) is 5.56 Å². The van der Waals surface area contributed by atoms with Crippen LogP contribution in [-0.4, -0.2) is 22.3 Å². The molecule has 0 spiro atoms. The van der Waals surface area contributed by atoms with Gasteiger partial charge in [0.05, 0.1) is 12.2 Å². The minimum atomic E-state index is 0.258. The highest BCUT2D eigenvalue weighted by Crippen LogP contribution is 2.13. The predicted molar refractivity (Wildman–Crippen MR) is 53.6 cm³/mol. The van der Waals surface area contributed by atoms with E-state index in [0.29, 0.717) is 13.0 Å². The Morgan fingerprint density at radius 1 is 1.57 bits per heavy atom. The lowest BCUT2D eigenvalue weighted by atomic mass is 10.2. The monoisotopic (exact) mass is 190 g/mol. The third-order valence-electron chi connectivity index (χ3n) is 2.50. The molecule has 3 nitrogen and oxygen atoms in total. The summed E-state index contributed by atoms with van der Waals surface area (Å²) in [7, 11) is 0. The fourth-order valence-electron chi connectivity index (χ4n) is 1.75. The van der Waals surface area contributed by atoms with Gasteiger partial charge in [-0.2, -0.15) is 0 Å². The smallest absolute Gasteiger partial charge is 0.222 e. The molecule has 0 unspecified atom stereocenters. The van der Waals surface area contributed by atoms with Crippen LogP contribution in [0.25, 0.3) is 0 Å². The van der Waals surface area contributed by atoms with Crippen LogP contribution in [0.1, 0.15) is 24.1 Å². The Balaban J connectivity index is 2.07. The Hall–Kier alpha value is -1.38. The van der Waals surface area contributed by atoms with Gasteiger partial charge in [-0.3, -0.25) is 9.78 Å². The van der Waals surface area contributed by atoms with E-state index in [1.54, 1.807) is 6.20 Å². The van der Waals surface area contributed by atoms with Gasteiger partial charge in [-0.25, -0.2) is 0 Å². The first-order chi connectivity index (χ1) is 6.75. The second-order valence-corrected chi connectivity index (χ2v) is 3.74. The summed E-state index contributed by atoms with van der Waals surface area (Å²) in [6, 6.07) is 4.00. The van der Waals surface area contributed by atoms with Crippen LogP contribution < -0.4 is 0 Å². The number of nitrogens with zero attached hydrogens (tertiary/aromatic N) is 2. The lowest BCUT2D eigenvalue weighted by Crippen LogP contribution is -2.24. The molecule has 2 rings (SSSR count). The number of carbonyl (C=O) groups is 1. The molecule has 1 fully saturated rings. The summed E-state index contributed by atoms with van der Waals surface area (Å²) in [5, 5.41) is 0. The van der Waals surface area contributed by atoms with E-state index in [9.17, 15) is 4.79 Å². The molecule has 0 radical (unpaired) electrons. The maximum atomic E-state index is 11.4.